The highest BCUT2D eigenvalue weighted by molar-refractivity contribution is 5.97. The molecule has 0 fully saturated rings. The van der Waals surface area contributed by atoms with E-state index in [2.05, 4.69) is 82.4 Å². The van der Waals surface area contributed by atoms with Gasteiger partial charge >= 0.3 is 0 Å². The molecule has 5 rings (SSSR count). The molecule has 2 heterocycles. The number of allylic oxidation sites excluding steroid dienone is 6. The molecule has 0 aromatic heterocycles. The van der Waals surface area contributed by atoms with Crippen molar-refractivity contribution >= 4 is 17.0 Å². The molecule has 1 N–H and O–H groups in total. The van der Waals surface area contributed by atoms with E-state index in [4.69, 9.17) is 4.74 Å². The van der Waals surface area contributed by atoms with Gasteiger partial charge in [0, 0.05) is 22.4 Å². The lowest BCUT2D eigenvalue weighted by Crippen LogP contribution is -2.32. The molecular weight excluding hydrogens is 385 g/mol. The van der Waals surface area contributed by atoms with Crippen molar-refractivity contribution in [3.8, 4) is 16.9 Å². The Labute approximate surface area is 183 Å². The van der Waals surface area contributed by atoms with Gasteiger partial charge in [0.25, 0.3) is 0 Å². The Morgan fingerprint density at radius 1 is 1.00 bits per heavy atom. The fraction of sp³-hybridized carbons (Fsp3) is 0.286. The Bertz CT molecular complexity index is 1220. The van der Waals surface area contributed by atoms with E-state index in [-0.39, 0.29) is 16.8 Å². The number of ether oxygens (including phenoxy) is 1. The van der Waals surface area contributed by atoms with Crippen molar-refractivity contribution in [1.29, 1.82) is 0 Å². The largest absolute Gasteiger partial charge is 0.456 e. The van der Waals surface area contributed by atoms with E-state index in [0.717, 1.165) is 45.7 Å². The van der Waals surface area contributed by atoms with Gasteiger partial charge in [-0.05, 0) is 79.7 Å². The third-order valence-electron chi connectivity index (χ3n) is 6.14. The molecule has 0 bridgehead atoms. The summed E-state index contributed by atoms with van der Waals surface area (Å²) in [6, 6.07) is 8.93. The minimum Gasteiger partial charge on any atom is -0.456 e. The van der Waals surface area contributed by atoms with Gasteiger partial charge in [-0.25, -0.2) is 4.39 Å². The molecular formula is C28H28FNO. The van der Waals surface area contributed by atoms with Crippen molar-refractivity contribution < 1.29 is 9.13 Å². The average molecular weight is 414 g/mol. The molecule has 3 aliphatic rings. The number of fused-ring (bicyclic) bond motifs is 5. The Morgan fingerprint density at radius 2 is 1.81 bits per heavy atom. The SMILES string of the molecule is CC1=CC(C)(C)Nc2ccc3c(c21)/C(=C/C1=CC(C)(C)CC=C1)Oc1ccc(F)cc1-3. The van der Waals surface area contributed by atoms with Gasteiger partial charge in [0.2, 0.25) is 0 Å². The zero-order valence-corrected chi connectivity index (χ0v) is 18.8. The van der Waals surface area contributed by atoms with Crippen LogP contribution < -0.4 is 10.1 Å². The quantitative estimate of drug-likeness (QED) is 0.516. The molecule has 0 amide bonds. The van der Waals surface area contributed by atoms with Gasteiger partial charge in [-0.3, -0.25) is 0 Å². The van der Waals surface area contributed by atoms with Gasteiger partial charge < -0.3 is 10.1 Å². The fourth-order valence-corrected chi connectivity index (χ4v) is 4.96. The summed E-state index contributed by atoms with van der Waals surface area (Å²) in [4.78, 5) is 0. The number of nitrogens with one attached hydrogen (secondary N) is 1. The molecule has 0 unspecified atom stereocenters. The number of halogens is 1. The molecule has 158 valence electrons. The van der Waals surface area contributed by atoms with E-state index in [1.807, 2.05) is 0 Å². The van der Waals surface area contributed by atoms with Crippen LogP contribution in [0.3, 0.4) is 0 Å². The molecule has 0 radical (unpaired) electrons. The summed E-state index contributed by atoms with van der Waals surface area (Å²) in [5.74, 6) is 1.23. The van der Waals surface area contributed by atoms with Crippen LogP contribution in [0.15, 0.2) is 66.3 Å². The predicted octanol–water partition coefficient (Wildman–Crippen LogP) is 7.75. The molecule has 31 heavy (non-hydrogen) atoms. The summed E-state index contributed by atoms with van der Waals surface area (Å²) >= 11 is 0. The zero-order valence-electron chi connectivity index (χ0n) is 18.8. The maximum absolute atomic E-state index is 14.1. The second-order valence-corrected chi connectivity index (χ2v) is 10.1. The molecule has 0 spiro atoms. The van der Waals surface area contributed by atoms with E-state index in [1.165, 1.54) is 11.6 Å². The number of hydrogen-bond donors (Lipinski definition) is 1. The van der Waals surface area contributed by atoms with Gasteiger partial charge in [-0.2, -0.15) is 0 Å². The Balaban J connectivity index is 1.78. The van der Waals surface area contributed by atoms with Crippen molar-refractivity contribution in [1.82, 2.24) is 0 Å². The first-order valence-electron chi connectivity index (χ1n) is 10.9. The van der Waals surface area contributed by atoms with Crippen LogP contribution >= 0.6 is 0 Å². The molecule has 3 heteroatoms. The van der Waals surface area contributed by atoms with Gasteiger partial charge in [0.15, 0.2) is 0 Å². The van der Waals surface area contributed by atoms with Gasteiger partial charge in [0.1, 0.15) is 17.3 Å². The second-order valence-electron chi connectivity index (χ2n) is 10.1. The second kappa shape index (κ2) is 6.71. The van der Waals surface area contributed by atoms with Crippen LogP contribution in [0.25, 0.3) is 22.5 Å². The molecule has 0 atom stereocenters. The van der Waals surface area contributed by atoms with Gasteiger partial charge in [-0.1, -0.05) is 44.2 Å². The van der Waals surface area contributed by atoms with Crippen molar-refractivity contribution in [2.24, 2.45) is 5.41 Å². The highest BCUT2D eigenvalue weighted by Crippen LogP contribution is 2.49. The van der Waals surface area contributed by atoms with E-state index in [1.54, 1.807) is 12.1 Å². The summed E-state index contributed by atoms with van der Waals surface area (Å²) in [6.45, 7) is 10.9. The van der Waals surface area contributed by atoms with E-state index in [0.29, 0.717) is 5.75 Å². The topological polar surface area (TPSA) is 21.3 Å². The van der Waals surface area contributed by atoms with Gasteiger partial charge in [-0.15, -0.1) is 0 Å². The van der Waals surface area contributed by atoms with E-state index in [9.17, 15) is 4.39 Å². The molecule has 0 saturated carbocycles. The molecule has 0 saturated heterocycles. The molecule has 2 aromatic rings. The van der Waals surface area contributed by atoms with Crippen molar-refractivity contribution in [2.45, 2.75) is 46.6 Å². The van der Waals surface area contributed by atoms with Crippen LogP contribution in [-0.4, -0.2) is 5.54 Å². The van der Waals surface area contributed by atoms with E-state index >= 15 is 0 Å². The van der Waals surface area contributed by atoms with Crippen molar-refractivity contribution in [3.63, 3.8) is 0 Å². The monoisotopic (exact) mass is 413 g/mol. The van der Waals surface area contributed by atoms with Crippen LogP contribution in [-0.2, 0) is 0 Å². The first-order valence-corrected chi connectivity index (χ1v) is 10.9. The molecule has 1 aliphatic carbocycles. The number of rotatable bonds is 1. The minimum absolute atomic E-state index is 0.108. The zero-order chi connectivity index (χ0) is 22.0. The van der Waals surface area contributed by atoms with Crippen LogP contribution in [0.2, 0.25) is 0 Å². The lowest BCUT2D eigenvalue weighted by atomic mass is 9.81. The summed E-state index contributed by atoms with van der Waals surface area (Å²) in [5.41, 5.74) is 7.31. The minimum atomic E-state index is -0.260. The first kappa shape index (κ1) is 19.9. The third-order valence-corrected chi connectivity index (χ3v) is 6.14. The summed E-state index contributed by atoms with van der Waals surface area (Å²) < 4.78 is 20.6. The smallest absolute Gasteiger partial charge is 0.136 e. The Hall–Kier alpha value is -3.07. The standard InChI is InChI=1S/C28H28FNO/c1-17-15-28(4,5)30-22-10-9-20-21-14-19(29)8-11-23(21)31-24(26(20)25(17)22)13-18-7-6-12-27(2,3)16-18/h6-11,13-16,30H,12H2,1-5H3/b24-13-. The van der Waals surface area contributed by atoms with Crippen LogP contribution in [0.1, 0.15) is 52.2 Å². The lowest BCUT2D eigenvalue weighted by Gasteiger charge is -2.35. The normalized spacial score (nSPS) is 21.2. The third kappa shape index (κ3) is 3.52. The molecule has 2 aromatic carbocycles. The average Bonchev–Trinajstić information content (AvgIpc) is 2.66. The first-order chi connectivity index (χ1) is 14.6. The fourth-order valence-electron chi connectivity index (χ4n) is 4.96. The van der Waals surface area contributed by atoms with Crippen LogP contribution in [0, 0.1) is 11.2 Å². The lowest BCUT2D eigenvalue weighted by molar-refractivity contribution is 0.481. The van der Waals surface area contributed by atoms with Crippen molar-refractivity contribution in [3.05, 3.63) is 83.2 Å². The molecule has 2 nitrogen and oxygen atoms in total. The summed E-state index contributed by atoms with van der Waals surface area (Å²) in [5, 5.41) is 3.63. The Kier molecular flexibility index (Phi) is 4.30. The number of benzene rings is 2. The van der Waals surface area contributed by atoms with Crippen LogP contribution in [0.5, 0.6) is 5.75 Å². The predicted molar refractivity (Wildman–Crippen MR) is 127 cm³/mol. The molecule has 2 aliphatic heterocycles. The van der Waals surface area contributed by atoms with E-state index < -0.39 is 0 Å². The number of anilines is 1. The maximum atomic E-state index is 14.1. The summed E-state index contributed by atoms with van der Waals surface area (Å²) in [7, 11) is 0. The highest BCUT2D eigenvalue weighted by Gasteiger charge is 2.31. The Morgan fingerprint density at radius 3 is 2.58 bits per heavy atom. The van der Waals surface area contributed by atoms with Crippen molar-refractivity contribution in [2.75, 3.05) is 5.32 Å². The highest BCUT2D eigenvalue weighted by atomic mass is 19.1. The summed E-state index contributed by atoms with van der Waals surface area (Å²) in [6.07, 6.45) is 12.1. The number of hydrogen-bond acceptors (Lipinski definition) is 2. The maximum Gasteiger partial charge on any atom is 0.136 e. The van der Waals surface area contributed by atoms with Crippen LogP contribution in [0.4, 0.5) is 10.1 Å². The van der Waals surface area contributed by atoms with Gasteiger partial charge in [0.05, 0.1) is 5.54 Å².